The molecule has 0 aliphatic heterocycles. The molecule has 0 aromatic heterocycles. The largest absolute Gasteiger partial charge is 0.481 e. The first kappa shape index (κ1) is 10.3. The van der Waals surface area contributed by atoms with E-state index in [2.05, 4.69) is 15.9 Å². The quantitative estimate of drug-likeness (QED) is 0.866. The van der Waals surface area contributed by atoms with E-state index in [9.17, 15) is 4.79 Å². The number of aryl methyl sites for hydroxylation is 1. The highest BCUT2D eigenvalue weighted by atomic mass is 79.9. The van der Waals surface area contributed by atoms with Crippen molar-refractivity contribution in [2.24, 2.45) is 0 Å². The Bertz CT molecular complexity index is 345. The maximum absolute atomic E-state index is 10.6. The van der Waals surface area contributed by atoms with Crippen LogP contribution in [0.5, 0.6) is 0 Å². The Morgan fingerprint density at radius 2 is 2.08 bits per heavy atom. The van der Waals surface area contributed by atoms with Crippen LogP contribution in [0.3, 0.4) is 0 Å². The van der Waals surface area contributed by atoms with E-state index in [4.69, 9.17) is 5.11 Å². The average molecular weight is 243 g/mol. The fourth-order valence-electron chi connectivity index (χ4n) is 1.29. The summed E-state index contributed by atoms with van der Waals surface area (Å²) >= 11 is 3.38. The Balaban J connectivity index is 3.17. The summed E-state index contributed by atoms with van der Waals surface area (Å²) in [6, 6.07) is 3.87. The molecule has 0 radical (unpaired) electrons. The standard InChI is InChI=1S/C10H11BrO2/c1-6-3-4-9(11)7(2)8(6)5-10(12)13/h3-4H,5H2,1-2H3,(H,12,13). The van der Waals surface area contributed by atoms with Crippen LogP contribution in [-0.2, 0) is 11.2 Å². The third-order valence-electron chi connectivity index (χ3n) is 2.09. The zero-order valence-corrected chi connectivity index (χ0v) is 9.18. The minimum atomic E-state index is -0.788. The fraction of sp³-hybridized carbons (Fsp3) is 0.300. The lowest BCUT2D eigenvalue weighted by molar-refractivity contribution is -0.136. The van der Waals surface area contributed by atoms with Gasteiger partial charge in [0, 0.05) is 4.47 Å². The van der Waals surface area contributed by atoms with Gasteiger partial charge in [0.2, 0.25) is 0 Å². The molecule has 2 nitrogen and oxygen atoms in total. The molecule has 0 fully saturated rings. The first-order chi connectivity index (χ1) is 6.02. The van der Waals surface area contributed by atoms with E-state index < -0.39 is 5.97 Å². The number of carboxylic acid groups (broad SMARTS) is 1. The summed E-state index contributed by atoms with van der Waals surface area (Å²) < 4.78 is 0.967. The molecule has 3 heteroatoms. The van der Waals surface area contributed by atoms with Crippen LogP contribution in [0.2, 0.25) is 0 Å². The van der Waals surface area contributed by atoms with Gasteiger partial charge in [-0.1, -0.05) is 22.0 Å². The predicted octanol–water partition coefficient (Wildman–Crippen LogP) is 2.69. The zero-order valence-electron chi connectivity index (χ0n) is 7.60. The Labute approximate surface area is 85.7 Å². The molecule has 1 aromatic rings. The topological polar surface area (TPSA) is 37.3 Å². The average Bonchev–Trinajstić information content (AvgIpc) is 2.05. The zero-order chi connectivity index (χ0) is 10.0. The molecule has 0 bridgehead atoms. The highest BCUT2D eigenvalue weighted by Crippen LogP contribution is 2.23. The number of rotatable bonds is 2. The Morgan fingerprint density at radius 1 is 1.46 bits per heavy atom. The van der Waals surface area contributed by atoms with Gasteiger partial charge in [-0.15, -0.1) is 0 Å². The molecule has 70 valence electrons. The molecule has 0 spiro atoms. The molecule has 0 heterocycles. The van der Waals surface area contributed by atoms with Crippen molar-refractivity contribution >= 4 is 21.9 Å². The summed E-state index contributed by atoms with van der Waals surface area (Å²) in [7, 11) is 0. The van der Waals surface area contributed by atoms with Crippen molar-refractivity contribution in [3.05, 3.63) is 33.3 Å². The van der Waals surface area contributed by atoms with Gasteiger partial charge in [-0.25, -0.2) is 0 Å². The smallest absolute Gasteiger partial charge is 0.307 e. The summed E-state index contributed by atoms with van der Waals surface area (Å²) in [6.07, 6.45) is 0.0944. The van der Waals surface area contributed by atoms with E-state index in [1.54, 1.807) is 0 Å². The summed E-state index contributed by atoms with van der Waals surface area (Å²) in [5.41, 5.74) is 2.95. The first-order valence-corrected chi connectivity index (χ1v) is 4.78. The fourth-order valence-corrected chi connectivity index (χ4v) is 1.66. The third kappa shape index (κ3) is 2.31. The maximum atomic E-state index is 10.6. The Kier molecular flexibility index (Phi) is 3.09. The van der Waals surface area contributed by atoms with Gasteiger partial charge >= 0.3 is 5.97 Å². The number of carbonyl (C=O) groups is 1. The number of benzene rings is 1. The lowest BCUT2D eigenvalue weighted by atomic mass is 10.0. The number of halogens is 1. The van der Waals surface area contributed by atoms with Crippen molar-refractivity contribution in [1.29, 1.82) is 0 Å². The molecule has 0 atom stereocenters. The van der Waals surface area contributed by atoms with Gasteiger partial charge < -0.3 is 5.11 Å². The van der Waals surface area contributed by atoms with Crippen molar-refractivity contribution in [3.8, 4) is 0 Å². The molecule has 0 saturated carbocycles. The van der Waals surface area contributed by atoms with Crippen LogP contribution in [0.4, 0.5) is 0 Å². The minimum Gasteiger partial charge on any atom is -0.481 e. The van der Waals surface area contributed by atoms with Crippen molar-refractivity contribution in [2.45, 2.75) is 20.3 Å². The molecule has 0 saturated heterocycles. The first-order valence-electron chi connectivity index (χ1n) is 3.98. The second kappa shape index (κ2) is 3.92. The summed E-state index contributed by atoms with van der Waals surface area (Å²) in [4.78, 5) is 10.6. The Morgan fingerprint density at radius 3 is 2.62 bits per heavy atom. The summed E-state index contributed by atoms with van der Waals surface area (Å²) in [5.74, 6) is -0.788. The van der Waals surface area contributed by atoms with Gasteiger partial charge in [0.05, 0.1) is 6.42 Å². The van der Waals surface area contributed by atoms with E-state index >= 15 is 0 Å². The molecular weight excluding hydrogens is 232 g/mol. The van der Waals surface area contributed by atoms with E-state index in [0.29, 0.717) is 0 Å². The molecule has 1 rings (SSSR count). The minimum absolute atomic E-state index is 0.0944. The molecule has 1 aromatic carbocycles. The molecule has 1 N–H and O–H groups in total. The maximum Gasteiger partial charge on any atom is 0.307 e. The molecule has 13 heavy (non-hydrogen) atoms. The Hall–Kier alpha value is -0.830. The molecule has 0 amide bonds. The van der Waals surface area contributed by atoms with Crippen LogP contribution >= 0.6 is 15.9 Å². The van der Waals surface area contributed by atoms with E-state index in [-0.39, 0.29) is 6.42 Å². The summed E-state index contributed by atoms with van der Waals surface area (Å²) in [6.45, 7) is 3.85. The third-order valence-corrected chi connectivity index (χ3v) is 2.95. The monoisotopic (exact) mass is 242 g/mol. The van der Waals surface area contributed by atoms with Crippen molar-refractivity contribution < 1.29 is 9.90 Å². The van der Waals surface area contributed by atoms with Gasteiger partial charge in [0.1, 0.15) is 0 Å². The van der Waals surface area contributed by atoms with Crippen molar-refractivity contribution in [2.75, 3.05) is 0 Å². The van der Waals surface area contributed by atoms with Crippen LogP contribution in [0.1, 0.15) is 16.7 Å². The predicted molar refractivity (Wildman–Crippen MR) is 55.0 cm³/mol. The van der Waals surface area contributed by atoms with Crippen LogP contribution in [-0.4, -0.2) is 11.1 Å². The van der Waals surface area contributed by atoms with Gasteiger partial charge in [-0.05, 0) is 36.6 Å². The van der Waals surface area contributed by atoms with Gasteiger partial charge in [-0.3, -0.25) is 4.79 Å². The molecule has 0 aliphatic rings. The SMILES string of the molecule is Cc1ccc(Br)c(C)c1CC(=O)O. The number of aliphatic carboxylic acids is 1. The van der Waals surface area contributed by atoms with Crippen molar-refractivity contribution in [3.63, 3.8) is 0 Å². The second-order valence-corrected chi connectivity index (χ2v) is 3.89. The normalized spacial score (nSPS) is 10.1. The van der Waals surface area contributed by atoms with E-state index in [1.165, 1.54) is 0 Å². The van der Waals surface area contributed by atoms with E-state index in [0.717, 1.165) is 21.2 Å². The number of hydrogen-bond donors (Lipinski definition) is 1. The van der Waals surface area contributed by atoms with Crippen LogP contribution < -0.4 is 0 Å². The van der Waals surface area contributed by atoms with Gasteiger partial charge in [0.25, 0.3) is 0 Å². The van der Waals surface area contributed by atoms with Crippen LogP contribution in [0.25, 0.3) is 0 Å². The lowest BCUT2D eigenvalue weighted by Gasteiger charge is -2.08. The highest BCUT2D eigenvalue weighted by Gasteiger charge is 2.08. The molecule has 0 aliphatic carbocycles. The van der Waals surface area contributed by atoms with Crippen molar-refractivity contribution in [1.82, 2.24) is 0 Å². The van der Waals surface area contributed by atoms with E-state index in [1.807, 2.05) is 26.0 Å². The highest BCUT2D eigenvalue weighted by molar-refractivity contribution is 9.10. The molecule has 0 unspecified atom stereocenters. The van der Waals surface area contributed by atoms with Gasteiger partial charge in [0.15, 0.2) is 0 Å². The number of carboxylic acids is 1. The summed E-state index contributed by atoms with van der Waals surface area (Å²) in [5, 5.41) is 8.69. The van der Waals surface area contributed by atoms with Crippen LogP contribution in [0.15, 0.2) is 16.6 Å². The van der Waals surface area contributed by atoms with Crippen LogP contribution in [0, 0.1) is 13.8 Å². The molecular formula is C10H11BrO2. The number of hydrogen-bond acceptors (Lipinski definition) is 1. The lowest BCUT2D eigenvalue weighted by Crippen LogP contribution is -2.04. The van der Waals surface area contributed by atoms with Gasteiger partial charge in [-0.2, -0.15) is 0 Å². The second-order valence-electron chi connectivity index (χ2n) is 3.04.